The molecular formula is C17H26N2O4. The zero-order valence-corrected chi connectivity index (χ0v) is 14.0. The maximum Gasteiger partial charge on any atom is 0.320 e. The number of rotatable bonds is 8. The van der Waals surface area contributed by atoms with Gasteiger partial charge in [-0.15, -0.1) is 0 Å². The summed E-state index contributed by atoms with van der Waals surface area (Å²) < 4.78 is 10.7. The minimum Gasteiger partial charge on any atom is -0.497 e. The lowest BCUT2D eigenvalue weighted by molar-refractivity contribution is -0.139. The first-order valence-electron chi connectivity index (χ1n) is 8.02. The highest BCUT2D eigenvalue weighted by Gasteiger charge is 2.29. The first-order chi connectivity index (χ1) is 11.1. The highest BCUT2D eigenvalue weighted by molar-refractivity contribution is 5.73. The van der Waals surface area contributed by atoms with Crippen molar-refractivity contribution in [2.24, 2.45) is 5.92 Å². The van der Waals surface area contributed by atoms with Crippen LogP contribution in [0.3, 0.4) is 0 Å². The quantitative estimate of drug-likeness (QED) is 0.763. The molecule has 0 bridgehead atoms. The van der Waals surface area contributed by atoms with Crippen molar-refractivity contribution in [3.63, 3.8) is 0 Å². The summed E-state index contributed by atoms with van der Waals surface area (Å²) >= 11 is 0. The first-order valence-corrected chi connectivity index (χ1v) is 8.02. The van der Waals surface area contributed by atoms with Gasteiger partial charge in [-0.2, -0.15) is 0 Å². The molecule has 0 aromatic heterocycles. The van der Waals surface area contributed by atoms with Gasteiger partial charge < -0.3 is 24.8 Å². The predicted octanol–water partition coefficient (Wildman–Crippen LogP) is 1.98. The Morgan fingerprint density at radius 1 is 1.43 bits per heavy atom. The fourth-order valence-corrected chi connectivity index (χ4v) is 3.14. The molecule has 1 aromatic rings. The normalized spacial score (nSPS) is 18.7. The second kappa shape index (κ2) is 8.06. The average molecular weight is 322 g/mol. The van der Waals surface area contributed by atoms with Crippen molar-refractivity contribution in [1.29, 1.82) is 0 Å². The van der Waals surface area contributed by atoms with Crippen LogP contribution in [-0.4, -0.2) is 51.0 Å². The molecule has 1 aliphatic rings. The Labute approximate surface area is 137 Å². The Morgan fingerprint density at radius 3 is 2.83 bits per heavy atom. The van der Waals surface area contributed by atoms with Crippen LogP contribution in [0, 0.1) is 5.92 Å². The number of benzene rings is 1. The average Bonchev–Trinajstić information content (AvgIpc) is 3.02. The number of nitrogens with zero attached hydrogens (tertiary/aromatic N) is 1. The Bertz CT molecular complexity index is 535. The van der Waals surface area contributed by atoms with Gasteiger partial charge >= 0.3 is 5.97 Å². The van der Waals surface area contributed by atoms with Crippen molar-refractivity contribution in [2.75, 3.05) is 38.8 Å². The molecule has 1 saturated heterocycles. The van der Waals surface area contributed by atoms with E-state index >= 15 is 0 Å². The number of carbonyl (C=O) groups is 1. The molecule has 1 heterocycles. The van der Waals surface area contributed by atoms with Gasteiger partial charge in [0.2, 0.25) is 0 Å². The second-order valence-electron chi connectivity index (χ2n) is 5.82. The van der Waals surface area contributed by atoms with E-state index in [1.807, 2.05) is 25.1 Å². The molecule has 2 N–H and O–H groups in total. The summed E-state index contributed by atoms with van der Waals surface area (Å²) in [6, 6.07) is 5.28. The highest BCUT2D eigenvalue weighted by atomic mass is 16.5. The standard InChI is InChI=1S/C17H26N2O4/c1-4-18-14(17(20)21)9-12-7-8-19(11-12)15-10-13(22-2)5-6-16(15)23-3/h5-6,10,12,14,18H,4,7-9,11H2,1-3H3,(H,20,21). The van der Waals surface area contributed by atoms with Crippen LogP contribution >= 0.6 is 0 Å². The predicted molar refractivity (Wildman–Crippen MR) is 89.6 cm³/mol. The van der Waals surface area contributed by atoms with Gasteiger partial charge in [-0.05, 0) is 37.4 Å². The lowest BCUT2D eigenvalue weighted by atomic mass is 9.99. The molecule has 0 radical (unpaired) electrons. The van der Waals surface area contributed by atoms with Crippen LogP contribution < -0.4 is 19.7 Å². The van der Waals surface area contributed by atoms with Crippen molar-refractivity contribution in [1.82, 2.24) is 5.32 Å². The summed E-state index contributed by atoms with van der Waals surface area (Å²) in [5, 5.41) is 12.3. The number of likely N-dealkylation sites (N-methyl/N-ethyl adjacent to an activating group) is 1. The van der Waals surface area contributed by atoms with Crippen molar-refractivity contribution < 1.29 is 19.4 Å². The maximum atomic E-state index is 11.3. The summed E-state index contributed by atoms with van der Waals surface area (Å²) in [6.45, 7) is 4.32. The molecule has 1 aromatic carbocycles. The van der Waals surface area contributed by atoms with E-state index in [2.05, 4.69) is 10.2 Å². The molecule has 6 heteroatoms. The van der Waals surface area contributed by atoms with E-state index in [1.54, 1.807) is 14.2 Å². The number of ether oxygens (including phenoxy) is 2. The van der Waals surface area contributed by atoms with Crippen LogP contribution in [0.25, 0.3) is 0 Å². The second-order valence-corrected chi connectivity index (χ2v) is 5.82. The van der Waals surface area contributed by atoms with Crippen LogP contribution in [0.4, 0.5) is 5.69 Å². The van der Waals surface area contributed by atoms with Crippen molar-refractivity contribution in [3.05, 3.63) is 18.2 Å². The molecule has 6 nitrogen and oxygen atoms in total. The lowest BCUT2D eigenvalue weighted by Gasteiger charge is -2.23. The van der Waals surface area contributed by atoms with E-state index in [9.17, 15) is 9.90 Å². The van der Waals surface area contributed by atoms with Gasteiger partial charge in [-0.25, -0.2) is 0 Å². The Hall–Kier alpha value is -1.95. The van der Waals surface area contributed by atoms with Gasteiger partial charge in [0.15, 0.2) is 0 Å². The molecule has 0 spiro atoms. The van der Waals surface area contributed by atoms with Crippen LogP contribution in [0.15, 0.2) is 18.2 Å². The molecular weight excluding hydrogens is 296 g/mol. The summed E-state index contributed by atoms with van der Waals surface area (Å²) in [6.07, 6.45) is 1.63. The van der Waals surface area contributed by atoms with Crippen molar-refractivity contribution in [2.45, 2.75) is 25.8 Å². The molecule has 1 fully saturated rings. The molecule has 0 amide bonds. The summed E-state index contributed by atoms with van der Waals surface area (Å²) in [7, 11) is 3.30. The van der Waals surface area contributed by atoms with Crippen molar-refractivity contribution >= 4 is 11.7 Å². The van der Waals surface area contributed by atoms with Gasteiger partial charge in [-0.3, -0.25) is 4.79 Å². The maximum absolute atomic E-state index is 11.3. The fourth-order valence-electron chi connectivity index (χ4n) is 3.14. The van der Waals surface area contributed by atoms with Gasteiger partial charge in [0.25, 0.3) is 0 Å². The van der Waals surface area contributed by atoms with E-state index in [1.165, 1.54) is 0 Å². The SMILES string of the molecule is CCNC(CC1CCN(c2cc(OC)ccc2OC)C1)C(=O)O. The number of aliphatic carboxylic acids is 1. The molecule has 128 valence electrons. The molecule has 2 atom stereocenters. The summed E-state index contributed by atoms with van der Waals surface area (Å²) in [4.78, 5) is 13.5. The van der Waals surface area contributed by atoms with Crippen molar-refractivity contribution in [3.8, 4) is 11.5 Å². The van der Waals surface area contributed by atoms with E-state index in [-0.39, 0.29) is 0 Å². The van der Waals surface area contributed by atoms with Gasteiger partial charge in [0.1, 0.15) is 17.5 Å². The Balaban J connectivity index is 2.06. The van der Waals surface area contributed by atoms with Crippen LogP contribution in [0.5, 0.6) is 11.5 Å². The number of carboxylic acids is 1. The monoisotopic (exact) mass is 322 g/mol. The van der Waals surface area contributed by atoms with E-state index < -0.39 is 12.0 Å². The molecule has 23 heavy (non-hydrogen) atoms. The summed E-state index contributed by atoms with van der Waals surface area (Å²) in [5.41, 5.74) is 1.00. The largest absolute Gasteiger partial charge is 0.497 e. The number of hydrogen-bond donors (Lipinski definition) is 2. The molecule has 1 aliphatic heterocycles. The number of carboxylic acid groups (broad SMARTS) is 1. The number of hydrogen-bond acceptors (Lipinski definition) is 5. The Morgan fingerprint density at radius 2 is 2.22 bits per heavy atom. The van der Waals surface area contributed by atoms with Crippen LogP contribution in [0.1, 0.15) is 19.8 Å². The lowest BCUT2D eigenvalue weighted by Crippen LogP contribution is -2.38. The number of methoxy groups -OCH3 is 2. The minimum atomic E-state index is -0.774. The number of anilines is 1. The highest BCUT2D eigenvalue weighted by Crippen LogP contribution is 2.36. The third-order valence-corrected chi connectivity index (χ3v) is 4.33. The smallest absolute Gasteiger partial charge is 0.320 e. The van der Waals surface area contributed by atoms with E-state index in [0.717, 1.165) is 36.7 Å². The van der Waals surface area contributed by atoms with Gasteiger partial charge in [0, 0.05) is 19.2 Å². The van der Waals surface area contributed by atoms with E-state index in [0.29, 0.717) is 18.9 Å². The third kappa shape index (κ3) is 4.28. The number of nitrogens with one attached hydrogen (secondary N) is 1. The summed E-state index contributed by atoms with van der Waals surface area (Å²) in [5.74, 6) is 1.18. The molecule has 2 rings (SSSR count). The zero-order valence-electron chi connectivity index (χ0n) is 14.0. The van der Waals surface area contributed by atoms with Gasteiger partial charge in [-0.1, -0.05) is 6.92 Å². The molecule has 0 aliphatic carbocycles. The molecule has 0 saturated carbocycles. The molecule has 2 unspecified atom stereocenters. The third-order valence-electron chi connectivity index (χ3n) is 4.33. The topological polar surface area (TPSA) is 71.0 Å². The van der Waals surface area contributed by atoms with Gasteiger partial charge in [0.05, 0.1) is 19.9 Å². The van der Waals surface area contributed by atoms with Crippen LogP contribution in [-0.2, 0) is 4.79 Å². The van der Waals surface area contributed by atoms with Crippen LogP contribution in [0.2, 0.25) is 0 Å². The Kier molecular flexibility index (Phi) is 6.10. The van der Waals surface area contributed by atoms with E-state index in [4.69, 9.17) is 9.47 Å². The fraction of sp³-hybridized carbons (Fsp3) is 0.588. The zero-order chi connectivity index (χ0) is 16.8. The minimum absolute atomic E-state index is 0.353. The first kappa shape index (κ1) is 17.4.